The molecule has 6 heteroatoms. The van der Waals surface area contributed by atoms with Crippen molar-refractivity contribution in [1.82, 2.24) is 15.1 Å². The van der Waals surface area contributed by atoms with E-state index in [9.17, 15) is 4.79 Å². The van der Waals surface area contributed by atoms with Gasteiger partial charge in [0, 0.05) is 52.0 Å². The topological polar surface area (TPSA) is 51.2 Å². The maximum atomic E-state index is 11.8. The molecule has 0 bridgehead atoms. The van der Waals surface area contributed by atoms with E-state index in [4.69, 9.17) is 0 Å². The first kappa shape index (κ1) is 16.6. The molecular formula is C18H27N5O. The van der Waals surface area contributed by atoms with Crippen LogP contribution in [0.15, 0.2) is 35.3 Å². The predicted molar refractivity (Wildman–Crippen MR) is 97.4 cm³/mol. The molecule has 1 N–H and O–H groups in total. The Balaban J connectivity index is 1.60. The van der Waals surface area contributed by atoms with Crippen LogP contribution in [0.1, 0.15) is 12.8 Å². The second-order valence-corrected chi connectivity index (χ2v) is 6.66. The van der Waals surface area contributed by atoms with Crippen LogP contribution in [0.2, 0.25) is 0 Å². The van der Waals surface area contributed by atoms with Crippen LogP contribution in [-0.4, -0.2) is 74.5 Å². The summed E-state index contributed by atoms with van der Waals surface area (Å²) in [5.74, 6) is 0.924. The van der Waals surface area contributed by atoms with Gasteiger partial charge in [0.15, 0.2) is 5.96 Å². The van der Waals surface area contributed by atoms with Crippen molar-refractivity contribution in [3.8, 4) is 0 Å². The molecule has 0 unspecified atom stereocenters. The van der Waals surface area contributed by atoms with Gasteiger partial charge in [-0.1, -0.05) is 18.2 Å². The zero-order chi connectivity index (χ0) is 16.9. The number of para-hydroxylation sites is 1. The Morgan fingerprint density at radius 1 is 1.17 bits per heavy atom. The summed E-state index contributed by atoms with van der Waals surface area (Å²) in [5, 5.41) is 3.50. The van der Waals surface area contributed by atoms with E-state index in [1.807, 2.05) is 6.07 Å². The van der Waals surface area contributed by atoms with Crippen molar-refractivity contribution in [3.63, 3.8) is 0 Å². The zero-order valence-corrected chi connectivity index (χ0v) is 14.6. The summed E-state index contributed by atoms with van der Waals surface area (Å²) in [4.78, 5) is 22.7. The van der Waals surface area contributed by atoms with E-state index in [0.717, 1.165) is 32.1 Å². The molecule has 3 rings (SSSR count). The van der Waals surface area contributed by atoms with Gasteiger partial charge in [0.25, 0.3) is 0 Å². The fraction of sp³-hybridized carbons (Fsp3) is 0.556. The van der Waals surface area contributed by atoms with Crippen molar-refractivity contribution in [2.24, 2.45) is 4.99 Å². The highest BCUT2D eigenvalue weighted by Crippen LogP contribution is 2.20. The van der Waals surface area contributed by atoms with E-state index >= 15 is 0 Å². The molecule has 0 radical (unpaired) electrons. The standard InChI is InChI=1S/C18H27N5O/c1-21(2)17(24)14-19-18(20-15-8-9-15)23-12-10-22(11-13-23)16-6-4-3-5-7-16/h3-7,15H,8-14H2,1-2H3,(H,19,20). The molecule has 130 valence electrons. The van der Waals surface area contributed by atoms with Crippen LogP contribution < -0.4 is 10.2 Å². The Kier molecular flexibility index (Phi) is 5.23. The lowest BCUT2D eigenvalue weighted by atomic mass is 10.2. The van der Waals surface area contributed by atoms with Gasteiger partial charge in [-0.05, 0) is 25.0 Å². The predicted octanol–water partition coefficient (Wildman–Crippen LogP) is 1.00. The average molecular weight is 329 g/mol. The molecule has 1 aliphatic carbocycles. The fourth-order valence-electron chi connectivity index (χ4n) is 2.75. The minimum Gasteiger partial charge on any atom is -0.368 e. The Hall–Kier alpha value is -2.24. The van der Waals surface area contributed by atoms with E-state index < -0.39 is 0 Å². The number of anilines is 1. The van der Waals surface area contributed by atoms with Gasteiger partial charge in [0.2, 0.25) is 5.91 Å². The van der Waals surface area contributed by atoms with Crippen molar-refractivity contribution in [1.29, 1.82) is 0 Å². The third kappa shape index (κ3) is 4.40. The van der Waals surface area contributed by atoms with Crippen LogP contribution in [-0.2, 0) is 4.79 Å². The third-order valence-corrected chi connectivity index (χ3v) is 4.47. The minimum absolute atomic E-state index is 0.0352. The van der Waals surface area contributed by atoms with Crippen molar-refractivity contribution >= 4 is 17.6 Å². The first-order chi connectivity index (χ1) is 11.6. The van der Waals surface area contributed by atoms with Gasteiger partial charge >= 0.3 is 0 Å². The lowest BCUT2D eigenvalue weighted by Gasteiger charge is -2.37. The molecule has 1 saturated carbocycles. The maximum Gasteiger partial charge on any atom is 0.243 e. The summed E-state index contributed by atoms with van der Waals surface area (Å²) < 4.78 is 0. The molecule has 2 fully saturated rings. The third-order valence-electron chi connectivity index (χ3n) is 4.47. The van der Waals surface area contributed by atoms with Gasteiger partial charge in [-0.15, -0.1) is 0 Å². The van der Waals surface area contributed by atoms with E-state index in [0.29, 0.717) is 6.04 Å². The van der Waals surface area contributed by atoms with E-state index in [-0.39, 0.29) is 12.5 Å². The molecule has 6 nitrogen and oxygen atoms in total. The number of nitrogens with one attached hydrogen (secondary N) is 1. The Bertz CT molecular complexity index is 574. The van der Waals surface area contributed by atoms with Crippen LogP contribution in [0.4, 0.5) is 5.69 Å². The zero-order valence-electron chi connectivity index (χ0n) is 14.6. The summed E-state index contributed by atoms with van der Waals surface area (Å²) >= 11 is 0. The quantitative estimate of drug-likeness (QED) is 0.661. The van der Waals surface area contributed by atoms with Gasteiger partial charge in [0.1, 0.15) is 6.54 Å². The normalized spacial score (nSPS) is 18.5. The average Bonchev–Trinajstić information content (AvgIpc) is 3.43. The number of rotatable bonds is 4. The number of carbonyl (C=O) groups is 1. The number of hydrogen-bond acceptors (Lipinski definition) is 3. The van der Waals surface area contributed by atoms with Gasteiger partial charge in [-0.3, -0.25) is 4.79 Å². The summed E-state index contributed by atoms with van der Waals surface area (Å²) in [6.07, 6.45) is 2.40. The summed E-state index contributed by atoms with van der Waals surface area (Å²) in [5.41, 5.74) is 1.27. The molecule has 1 aliphatic heterocycles. The Labute approximate surface area is 144 Å². The Morgan fingerprint density at radius 3 is 2.42 bits per heavy atom. The van der Waals surface area contributed by atoms with Crippen molar-refractivity contribution < 1.29 is 4.79 Å². The monoisotopic (exact) mass is 329 g/mol. The maximum absolute atomic E-state index is 11.8. The van der Waals surface area contributed by atoms with Crippen molar-refractivity contribution in [2.75, 3.05) is 51.7 Å². The first-order valence-electron chi connectivity index (χ1n) is 8.69. The second-order valence-electron chi connectivity index (χ2n) is 6.66. The lowest BCUT2D eigenvalue weighted by molar-refractivity contribution is -0.127. The van der Waals surface area contributed by atoms with Gasteiger partial charge < -0.3 is 20.0 Å². The number of likely N-dealkylation sites (N-methyl/N-ethyl adjacent to an activating group) is 1. The van der Waals surface area contributed by atoms with E-state index in [1.54, 1.807) is 19.0 Å². The molecule has 2 aliphatic rings. The van der Waals surface area contributed by atoms with Crippen LogP contribution in [0.3, 0.4) is 0 Å². The first-order valence-corrected chi connectivity index (χ1v) is 8.69. The number of piperazine rings is 1. The highest BCUT2D eigenvalue weighted by molar-refractivity contribution is 5.85. The van der Waals surface area contributed by atoms with Crippen LogP contribution in [0, 0.1) is 0 Å². The van der Waals surface area contributed by atoms with Gasteiger partial charge in [0.05, 0.1) is 0 Å². The molecule has 1 heterocycles. The number of carbonyl (C=O) groups excluding carboxylic acids is 1. The molecule has 1 saturated heterocycles. The van der Waals surface area contributed by atoms with Crippen LogP contribution >= 0.6 is 0 Å². The Morgan fingerprint density at radius 2 is 1.83 bits per heavy atom. The van der Waals surface area contributed by atoms with Crippen LogP contribution in [0.5, 0.6) is 0 Å². The number of benzene rings is 1. The molecule has 0 spiro atoms. The number of aliphatic imine (C=N–C) groups is 1. The van der Waals surface area contributed by atoms with Gasteiger partial charge in [-0.25, -0.2) is 4.99 Å². The van der Waals surface area contributed by atoms with Crippen molar-refractivity contribution in [3.05, 3.63) is 30.3 Å². The SMILES string of the molecule is CN(C)C(=O)CN=C(NC1CC1)N1CCN(c2ccccc2)CC1. The highest BCUT2D eigenvalue weighted by atomic mass is 16.2. The highest BCUT2D eigenvalue weighted by Gasteiger charge is 2.27. The molecule has 0 atom stereocenters. The molecular weight excluding hydrogens is 302 g/mol. The van der Waals surface area contributed by atoms with E-state index in [2.05, 4.69) is 44.4 Å². The number of guanidine groups is 1. The molecule has 24 heavy (non-hydrogen) atoms. The molecule has 1 aromatic rings. The molecule has 1 aromatic carbocycles. The number of nitrogens with zero attached hydrogens (tertiary/aromatic N) is 4. The largest absolute Gasteiger partial charge is 0.368 e. The fourth-order valence-corrected chi connectivity index (χ4v) is 2.75. The summed E-state index contributed by atoms with van der Waals surface area (Å²) in [7, 11) is 3.54. The smallest absolute Gasteiger partial charge is 0.243 e. The molecule has 1 amide bonds. The van der Waals surface area contributed by atoms with Crippen molar-refractivity contribution in [2.45, 2.75) is 18.9 Å². The minimum atomic E-state index is 0.0352. The number of amides is 1. The van der Waals surface area contributed by atoms with Gasteiger partial charge in [-0.2, -0.15) is 0 Å². The number of hydrogen-bond donors (Lipinski definition) is 1. The summed E-state index contributed by atoms with van der Waals surface area (Å²) in [6, 6.07) is 11.1. The summed E-state index contributed by atoms with van der Waals surface area (Å²) in [6.45, 7) is 3.99. The molecule has 0 aromatic heterocycles. The van der Waals surface area contributed by atoms with Crippen LogP contribution in [0.25, 0.3) is 0 Å². The second kappa shape index (κ2) is 7.55. The lowest BCUT2D eigenvalue weighted by Crippen LogP contribution is -2.53. The van der Waals surface area contributed by atoms with E-state index in [1.165, 1.54) is 18.5 Å².